The molecule has 1 saturated carbocycles. The van der Waals surface area contributed by atoms with Crippen LogP contribution < -0.4 is 0 Å². The van der Waals surface area contributed by atoms with Crippen LogP contribution in [0.4, 0.5) is 0 Å². The number of allylic oxidation sites excluding steroid dienone is 1. The van der Waals surface area contributed by atoms with Gasteiger partial charge in [-0.15, -0.1) is 0 Å². The number of carbonyl (C=O) groups excluding carboxylic acids is 1. The van der Waals surface area contributed by atoms with Crippen molar-refractivity contribution in [2.24, 2.45) is 5.92 Å². The van der Waals surface area contributed by atoms with Crippen LogP contribution in [0.2, 0.25) is 0 Å². The van der Waals surface area contributed by atoms with E-state index in [1.807, 2.05) is 12.1 Å². The Bertz CT molecular complexity index is 468. The number of aliphatic hydroxyl groups excluding tert-OH is 1. The summed E-state index contributed by atoms with van der Waals surface area (Å²) in [6.45, 7) is 0.0358. The normalized spacial score (nSPS) is 17.0. The van der Waals surface area contributed by atoms with Crippen molar-refractivity contribution in [1.29, 1.82) is 0 Å². The van der Waals surface area contributed by atoms with E-state index in [1.165, 1.54) is 39.2 Å². The fraction of sp³-hybridized carbons (Fsp3) is 0.471. The summed E-state index contributed by atoms with van der Waals surface area (Å²) in [7, 11) is 1.37. The van der Waals surface area contributed by atoms with Crippen molar-refractivity contribution in [3.8, 4) is 0 Å². The molecule has 1 aromatic carbocycles. The monoisotopic (exact) mass is 274 g/mol. The molecule has 0 heterocycles. The second kappa shape index (κ2) is 7.25. The van der Waals surface area contributed by atoms with E-state index in [0.717, 1.165) is 11.1 Å². The van der Waals surface area contributed by atoms with Crippen LogP contribution in [0.15, 0.2) is 30.3 Å². The van der Waals surface area contributed by atoms with Crippen LogP contribution in [0, 0.1) is 5.92 Å². The first-order valence-corrected chi connectivity index (χ1v) is 7.25. The highest BCUT2D eigenvalue weighted by Gasteiger charge is 2.13. The van der Waals surface area contributed by atoms with Gasteiger partial charge in [-0.3, -0.25) is 0 Å². The number of rotatable bonds is 4. The molecule has 0 atom stereocenters. The van der Waals surface area contributed by atoms with E-state index >= 15 is 0 Å². The van der Waals surface area contributed by atoms with E-state index in [4.69, 9.17) is 0 Å². The Labute approximate surface area is 120 Å². The zero-order chi connectivity index (χ0) is 14.4. The fourth-order valence-electron chi connectivity index (χ4n) is 2.76. The molecule has 2 rings (SSSR count). The topological polar surface area (TPSA) is 46.5 Å². The minimum atomic E-state index is -0.335. The predicted molar refractivity (Wildman–Crippen MR) is 79.4 cm³/mol. The Morgan fingerprint density at radius 1 is 1.20 bits per heavy atom. The van der Waals surface area contributed by atoms with Crippen molar-refractivity contribution < 1.29 is 14.6 Å². The lowest BCUT2D eigenvalue weighted by Gasteiger charge is -2.19. The average Bonchev–Trinajstić information content (AvgIpc) is 2.53. The second-order valence-electron chi connectivity index (χ2n) is 5.32. The minimum absolute atomic E-state index is 0.0358. The summed E-state index contributed by atoms with van der Waals surface area (Å²) in [6.07, 6.45) is 8.51. The van der Waals surface area contributed by atoms with Crippen molar-refractivity contribution in [2.45, 2.75) is 32.1 Å². The molecule has 0 radical (unpaired) electrons. The molecule has 0 spiro atoms. The van der Waals surface area contributed by atoms with Crippen LogP contribution in [-0.2, 0) is 4.74 Å². The maximum absolute atomic E-state index is 11.4. The standard InChI is InChI=1S/C17H22O3/c1-20-17(19)15-9-7-14(8-10-15)16(12-18)11-13-5-3-2-4-6-13/h7-11,13,18H,2-6,12H2,1H3. The number of ether oxygens (including phenoxy) is 1. The number of carbonyl (C=O) groups is 1. The van der Waals surface area contributed by atoms with Crippen LogP contribution in [0.1, 0.15) is 48.0 Å². The smallest absolute Gasteiger partial charge is 0.337 e. The summed E-state index contributed by atoms with van der Waals surface area (Å²) in [5.41, 5.74) is 2.46. The van der Waals surface area contributed by atoms with Gasteiger partial charge in [-0.25, -0.2) is 4.79 Å². The lowest BCUT2D eigenvalue weighted by molar-refractivity contribution is 0.0600. The van der Waals surface area contributed by atoms with E-state index in [1.54, 1.807) is 12.1 Å². The first kappa shape index (κ1) is 14.8. The maximum Gasteiger partial charge on any atom is 0.337 e. The summed E-state index contributed by atoms with van der Waals surface area (Å²) in [5.74, 6) is 0.240. The van der Waals surface area contributed by atoms with Crippen LogP contribution in [0.25, 0.3) is 5.57 Å². The highest BCUT2D eigenvalue weighted by molar-refractivity contribution is 5.89. The molecule has 3 nitrogen and oxygen atoms in total. The van der Waals surface area contributed by atoms with E-state index in [-0.39, 0.29) is 12.6 Å². The van der Waals surface area contributed by atoms with E-state index in [0.29, 0.717) is 11.5 Å². The van der Waals surface area contributed by atoms with Crippen molar-refractivity contribution in [1.82, 2.24) is 0 Å². The quantitative estimate of drug-likeness (QED) is 0.856. The molecule has 1 fully saturated rings. The third-order valence-electron chi connectivity index (χ3n) is 3.93. The van der Waals surface area contributed by atoms with Gasteiger partial charge in [0.05, 0.1) is 19.3 Å². The SMILES string of the molecule is COC(=O)c1ccc(C(=CC2CCCCC2)CO)cc1. The molecule has 0 saturated heterocycles. The molecule has 0 unspecified atom stereocenters. The Morgan fingerprint density at radius 3 is 2.35 bits per heavy atom. The van der Waals surface area contributed by atoms with Crippen molar-refractivity contribution in [3.63, 3.8) is 0 Å². The third-order valence-corrected chi connectivity index (χ3v) is 3.93. The number of hydrogen-bond donors (Lipinski definition) is 1. The van der Waals surface area contributed by atoms with Crippen LogP contribution in [0.3, 0.4) is 0 Å². The van der Waals surface area contributed by atoms with E-state index in [2.05, 4.69) is 10.8 Å². The molecule has 1 N–H and O–H groups in total. The number of hydrogen-bond acceptors (Lipinski definition) is 3. The molecule has 0 bridgehead atoms. The zero-order valence-corrected chi connectivity index (χ0v) is 12.0. The van der Waals surface area contributed by atoms with Gasteiger partial charge in [0.1, 0.15) is 0 Å². The molecule has 0 aromatic heterocycles. The molecule has 1 aliphatic rings. The highest BCUT2D eigenvalue weighted by atomic mass is 16.5. The fourth-order valence-corrected chi connectivity index (χ4v) is 2.76. The molecule has 108 valence electrons. The van der Waals surface area contributed by atoms with Crippen LogP contribution in [-0.4, -0.2) is 24.8 Å². The first-order chi connectivity index (χ1) is 9.74. The molecule has 3 heteroatoms. The summed E-state index contributed by atoms with van der Waals surface area (Å²) in [6, 6.07) is 7.23. The van der Waals surface area contributed by atoms with Gasteiger partial charge in [0, 0.05) is 0 Å². The van der Waals surface area contributed by atoms with Crippen molar-refractivity contribution in [2.75, 3.05) is 13.7 Å². The summed E-state index contributed by atoms with van der Waals surface area (Å²) in [4.78, 5) is 11.4. The molecule has 1 aromatic rings. The van der Waals surface area contributed by atoms with Gasteiger partial charge in [0.2, 0.25) is 0 Å². The number of benzene rings is 1. The van der Waals surface area contributed by atoms with Crippen LogP contribution >= 0.6 is 0 Å². The van der Waals surface area contributed by atoms with Gasteiger partial charge < -0.3 is 9.84 Å². The number of aliphatic hydroxyl groups is 1. The third kappa shape index (κ3) is 3.70. The highest BCUT2D eigenvalue weighted by Crippen LogP contribution is 2.28. The summed E-state index contributed by atoms with van der Waals surface area (Å²) >= 11 is 0. The average molecular weight is 274 g/mol. The van der Waals surface area contributed by atoms with Gasteiger partial charge >= 0.3 is 5.97 Å². The lowest BCUT2D eigenvalue weighted by Crippen LogP contribution is -2.05. The van der Waals surface area contributed by atoms with Gasteiger partial charge in [0.15, 0.2) is 0 Å². The van der Waals surface area contributed by atoms with Crippen LogP contribution in [0.5, 0.6) is 0 Å². The molecule has 0 aliphatic heterocycles. The lowest BCUT2D eigenvalue weighted by atomic mass is 9.87. The first-order valence-electron chi connectivity index (χ1n) is 7.25. The van der Waals surface area contributed by atoms with E-state index in [9.17, 15) is 9.90 Å². The van der Waals surface area contributed by atoms with Gasteiger partial charge in [0.25, 0.3) is 0 Å². The molecule has 0 amide bonds. The summed E-state index contributed by atoms with van der Waals surface area (Å²) in [5, 5.41) is 9.57. The Kier molecular flexibility index (Phi) is 5.36. The predicted octanol–water partition coefficient (Wildman–Crippen LogP) is 3.43. The molecule has 20 heavy (non-hydrogen) atoms. The Hall–Kier alpha value is -1.61. The van der Waals surface area contributed by atoms with Gasteiger partial charge in [-0.05, 0) is 42.0 Å². The molecular weight excluding hydrogens is 252 g/mol. The minimum Gasteiger partial charge on any atom is -0.465 e. The van der Waals surface area contributed by atoms with Gasteiger partial charge in [-0.1, -0.05) is 37.5 Å². The summed E-state index contributed by atoms with van der Waals surface area (Å²) < 4.78 is 4.68. The number of esters is 1. The van der Waals surface area contributed by atoms with Gasteiger partial charge in [-0.2, -0.15) is 0 Å². The Morgan fingerprint density at radius 2 is 1.80 bits per heavy atom. The molecule has 1 aliphatic carbocycles. The number of methoxy groups -OCH3 is 1. The second-order valence-corrected chi connectivity index (χ2v) is 5.32. The maximum atomic E-state index is 11.4. The van der Waals surface area contributed by atoms with Crippen molar-refractivity contribution in [3.05, 3.63) is 41.5 Å². The Balaban J connectivity index is 2.14. The van der Waals surface area contributed by atoms with Crippen molar-refractivity contribution >= 4 is 11.5 Å². The largest absolute Gasteiger partial charge is 0.465 e. The zero-order valence-electron chi connectivity index (χ0n) is 12.0. The molecular formula is C17H22O3. The van der Waals surface area contributed by atoms with E-state index < -0.39 is 0 Å².